The van der Waals surface area contributed by atoms with Gasteiger partial charge in [0, 0.05) is 12.6 Å². The number of hydrogen-bond donors (Lipinski definition) is 3. The molecule has 0 saturated heterocycles. The third-order valence-corrected chi connectivity index (χ3v) is 2.42. The lowest BCUT2D eigenvalue weighted by molar-refractivity contribution is 0.0660. The van der Waals surface area contributed by atoms with Gasteiger partial charge in [0.2, 0.25) is 0 Å². The predicted molar refractivity (Wildman–Crippen MR) is 61.0 cm³/mol. The SMILES string of the molecule is Cc1[nH]nc(C(=O)N(CCO)C(C)C)c1N. The van der Waals surface area contributed by atoms with Crippen molar-refractivity contribution in [1.82, 2.24) is 15.1 Å². The first kappa shape index (κ1) is 12.5. The van der Waals surface area contributed by atoms with E-state index < -0.39 is 0 Å². The van der Waals surface area contributed by atoms with E-state index in [0.29, 0.717) is 11.4 Å². The average Bonchev–Trinajstić information content (AvgIpc) is 2.55. The van der Waals surface area contributed by atoms with Gasteiger partial charge < -0.3 is 15.7 Å². The smallest absolute Gasteiger partial charge is 0.276 e. The summed E-state index contributed by atoms with van der Waals surface area (Å²) in [5, 5.41) is 15.4. The van der Waals surface area contributed by atoms with Gasteiger partial charge in [0.25, 0.3) is 5.91 Å². The van der Waals surface area contributed by atoms with Crippen molar-refractivity contribution in [3.63, 3.8) is 0 Å². The molecule has 0 unspecified atom stereocenters. The zero-order chi connectivity index (χ0) is 12.3. The molecule has 1 heterocycles. The first-order valence-electron chi connectivity index (χ1n) is 5.21. The molecule has 90 valence electrons. The number of carbonyl (C=O) groups excluding carboxylic acids is 1. The second-order valence-corrected chi connectivity index (χ2v) is 3.93. The lowest BCUT2D eigenvalue weighted by Gasteiger charge is -2.25. The van der Waals surface area contributed by atoms with Gasteiger partial charge >= 0.3 is 0 Å². The number of aromatic amines is 1. The maximum atomic E-state index is 12.1. The second kappa shape index (κ2) is 4.98. The number of anilines is 1. The van der Waals surface area contributed by atoms with Crippen LogP contribution in [-0.2, 0) is 0 Å². The van der Waals surface area contributed by atoms with Crippen molar-refractivity contribution in [2.75, 3.05) is 18.9 Å². The van der Waals surface area contributed by atoms with Crippen molar-refractivity contribution in [2.45, 2.75) is 26.8 Å². The normalized spacial score (nSPS) is 10.8. The Balaban J connectivity index is 2.95. The highest BCUT2D eigenvalue weighted by molar-refractivity contribution is 5.97. The highest BCUT2D eigenvalue weighted by Gasteiger charge is 2.23. The van der Waals surface area contributed by atoms with Gasteiger partial charge in [-0.1, -0.05) is 0 Å². The van der Waals surface area contributed by atoms with Gasteiger partial charge in [-0.2, -0.15) is 5.10 Å². The van der Waals surface area contributed by atoms with Crippen LogP contribution < -0.4 is 5.73 Å². The third-order valence-electron chi connectivity index (χ3n) is 2.42. The van der Waals surface area contributed by atoms with Crippen LogP contribution in [0.4, 0.5) is 5.69 Å². The zero-order valence-electron chi connectivity index (χ0n) is 9.82. The molecule has 16 heavy (non-hydrogen) atoms. The van der Waals surface area contributed by atoms with E-state index >= 15 is 0 Å². The number of amides is 1. The van der Waals surface area contributed by atoms with E-state index in [1.807, 2.05) is 13.8 Å². The van der Waals surface area contributed by atoms with Gasteiger partial charge in [-0.3, -0.25) is 9.89 Å². The molecular formula is C10H18N4O2. The van der Waals surface area contributed by atoms with Crippen molar-refractivity contribution in [3.8, 4) is 0 Å². The number of carbonyl (C=O) groups is 1. The Bertz CT molecular complexity index is 373. The van der Waals surface area contributed by atoms with E-state index in [0.717, 1.165) is 0 Å². The van der Waals surface area contributed by atoms with Gasteiger partial charge in [-0.15, -0.1) is 0 Å². The average molecular weight is 226 g/mol. The van der Waals surface area contributed by atoms with Gasteiger partial charge in [0.15, 0.2) is 5.69 Å². The molecule has 6 heteroatoms. The minimum atomic E-state index is -0.258. The molecular weight excluding hydrogens is 208 g/mol. The number of H-pyrrole nitrogens is 1. The van der Waals surface area contributed by atoms with Crippen LogP contribution in [0.5, 0.6) is 0 Å². The Hall–Kier alpha value is -1.56. The third kappa shape index (κ3) is 2.33. The summed E-state index contributed by atoms with van der Waals surface area (Å²) < 4.78 is 0. The number of aromatic nitrogens is 2. The highest BCUT2D eigenvalue weighted by Crippen LogP contribution is 2.15. The van der Waals surface area contributed by atoms with Gasteiger partial charge in [0.05, 0.1) is 18.0 Å². The molecule has 1 rings (SSSR count). The molecule has 4 N–H and O–H groups in total. The molecule has 6 nitrogen and oxygen atoms in total. The zero-order valence-corrected chi connectivity index (χ0v) is 9.82. The molecule has 0 aliphatic rings. The first-order chi connectivity index (χ1) is 7.49. The molecule has 0 aliphatic heterocycles. The quantitative estimate of drug-likeness (QED) is 0.680. The van der Waals surface area contributed by atoms with Gasteiger partial charge in [-0.05, 0) is 20.8 Å². The fourth-order valence-electron chi connectivity index (χ4n) is 1.44. The fourth-order valence-corrected chi connectivity index (χ4v) is 1.44. The van der Waals surface area contributed by atoms with Crippen LogP contribution in [0.15, 0.2) is 0 Å². The largest absolute Gasteiger partial charge is 0.395 e. The van der Waals surface area contributed by atoms with Crippen molar-refractivity contribution in [3.05, 3.63) is 11.4 Å². The van der Waals surface area contributed by atoms with Crippen LogP contribution in [-0.4, -0.2) is 45.3 Å². The number of hydrogen-bond acceptors (Lipinski definition) is 4. The van der Waals surface area contributed by atoms with Crippen molar-refractivity contribution < 1.29 is 9.90 Å². The van der Waals surface area contributed by atoms with Gasteiger partial charge in [-0.25, -0.2) is 0 Å². The molecule has 0 radical (unpaired) electrons. The van der Waals surface area contributed by atoms with E-state index in [4.69, 9.17) is 10.8 Å². The number of nitrogens with one attached hydrogen (secondary N) is 1. The topological polar surface area (TPSA) is 95.2 Å². The molecule has 0 saturated carbocycles. The standard InChI is InChI=1S/C10H18N4O2/c1-6(2)14(4-5-15)10(16)9-8(11)7(3)12-13-9/h6,15H,4-5,11H2,1-3H3,(H,12,13). The fraction of sp³-hybridized carbons (Fsp3) is 0.600. The Morgan fingerprint density at radius 3 is 2.62 bits per heavy atom. The van der Waals surface area contributed by atoms with E-state index in [1.165, 1.54) is 4.90 Å². The summed E-state index contributed by atoms with van der Waals surface area (Å²) in [6.45, 7) is 5.71. The lowest BCUT2D eigenvalue weighted by atomic mass is 10.2. The van der Waals surface area contributed by atoms with Crippen molar-refractivity contribution in [1.29, 1.82) is 0 Å². The highest BCUT2D eigenvalue weighted by atomic mass is 16.3. The van der Waals surface area contributed by atoms with E-state index in [2.05, 4.69) is 10.2 Å². The second-order valence-electron chi connectivity index (χ2n) is 3.93. The summed E-state index contributed by atoms with van der Waals surface area (Å²) in [7, 11) is 0. The summed E-state index contributed by atoms with van der Waals surface area (Å²) in [5.74, 6) is -0.258. The number of nitrogens with zero attached hydrogens (tertiary/aromatic N) is 2. The van der Waals surface area contributed by atoms with Crippen LogP contribution in [0, 0.1) is 6.92 Å². The summed E-state index contributed by atoms with van der Waals surface area (Å²) >= 11 is 0. The Kier molecular flexibility index (Phi) is 3.89. The molecule has 1 amide bonds. The molecule has 0 aromatic carbocycles. The molecule has 0 aliphatic carbocycles. The lowest BCUT2D eigenvalue weighted by Crippen LogP contribution is -2.39. The van der Waals surface area contributed by atoms with Crippen LogP contribution in [0.25, 0.3) is 0 Å². The number of aryl methyl sites for hydroxylation is 1. The molecule has 0 spiro atoms. The molecule has 0 atom stereocenters. The van der Waals surface area contributed by atoms with Gasteiger partial charge in [0.1, 0.15) is 0 Å². The van der Waals surface area contributed by atoms with Crippen molar-refractivity contribution in [2.24, 2.45) is 0 Å². The summed E-state index contributed by atoms with van der Waals surface area (Å²) in [4.78, 5) is 13.6. The Labute approximate surface area is 94.4 Å². The summed E-state index contributed by atoms with van der Waals surface area (Å²) in [6, 6.07) is -0.00365. The molecule has 0 bridgehead atoms. The number of nitrogen functional groups attached to an aromatic ring is 1. The monoisotopic (exact) mass is 226 g/mol. The van der Waals surface area contributed by atoms with Crippen LogP contribution in [0.2, 0.25) is 0 Å². The van der Waals surface area contributed by atoms with E-state index in [9.17, 15) is 4.79 Å². The Morgan fingerprint density at radius 2 is 2.25 bits per heavy atom. The summed E-state index contributed by atoms with van der Waals surface area (Å²) in [5.41, 5.74) is 7.00. The van der Waals surface area contributed by atoms with E-state index in [-0.39, 0.29) is 30.8 Å². The molecule has 0 fully saturated rings. The number of nitrogens with two attached hydrogens (primary N) is 1. The van der Waals surface area contributed by atoms with Crippen LogP contribution in [0.3, 0.4) is 0 Å². The number of rotatable bonds is 4. The minimum Gasteiger partial charge on any atom is -0.395 e. The van der Waals surface area contributed by atoms with Crippen LogP contribution in [0.1, 0.15) is 30.0 Å². The minimum absolute atomic E-state index is 0.00365. The predicted octanol–water partition coefficient (Wildman–Crippen LogP) is 0.143. The first-order valence-corrected chi connectivity index (χ1v) is 5.21. The maximum absolute atomic E-state index is 12.1. The van der Waals surface area contributed by atoms with E-state index in [1.54, 1.807) is 6.92 Å². The molecule has 1 aromatic heterocycles. The Morgan fingerprint density at radius 1 is 1.62 bits per heavy atom. The number of aliphatic hydroxyl groups is 1. The maximum Gasteiger partial charge on any atom is 0.276 e. The molecule has 1 aromatic rings. The summed E-state index contributed by atoms with van der Waals surface area (Å²) in [6.07, 6.45) is 0. The number of aliphatic hydroxyl groups excluding tert-OH is 1. The van der Waals surface area contributed by atoms with Crippen molar-refractivity contribution >= 4 is 11.6 Å². The van der Waals surface area contributed by atoms with Crippen LogP contribution >= 0.6 is 0 Å².